The molecule has 0 saturated heterocycles. The number of aryl methyl sites for hydroxylation is 1. The van der Waals surface area contributed by atoms with Gasteiger partial charge in [0, 0.05) is 11.3 Å². The third-order valence-electron chi connectivity index (χ3n) is 5.15. The molecule has 0 saturated carbocycles. The lowest BCUT2D eigenvalue weighted by molar-refractivity contribution is 0.157. The van der Waals surface area contributed by atoms with Gasteiger partial charge in [0.05, 0.1) is 5.70 Å². The van der Waals surface area contributed by atoms with Crippen molar-refractivity contribution in [1.82, 2.24) is 10.9 Å². The smallest absolute Gasteiger partial charge is 0.189 e. The Morgan fingerprint density at radius 1 is 1.06 bits per heavy atom. The molecule has 4 rings (SSSR count). The van der Waals surface area contributed by atoms with Crippen molar-refractivity contribution in [2.75, 3.05) is 5.32 Å². The fourth-order valence-electron chi connectivity index (χ4n) is 3.53. The summed E-state index contributed by atoms with van der Waals surface area (Å²) >= 11 is 5.35. The van der Waals surface area contributed by atoms with Crippen molar-refractivity contribution in [2.45, 2.75) is 33.0 Å². The highest BCUT2D eigenvalue weighted by Gasteiger charge is 2.27. The molecule has 170 valence electrons. The second-order valence-corrected chi connectivity index (χ2v) is 8.76. The van der Waals surface area contributed by atoms with Crippen LogP contribution in [0.3, 0.4) is 0 Å². The Bertz CT molecular complexity index is 1210. The zero-order valence-corrected chi connectivity index (χ0v) is 19.6. The summed E-state index contributed by atoms with van der Waals surface area (Å²) in [6, 6.07) is 20.0. The zero-order valence-electron chi connectivity index (χ0n) is 18.7. The maximum absolute atomic E-state index is 13.4. The van der Waals surface area contributed by atoms with E-state index in [9.17, 15) is 4.39 Å². The molecule has 0 spiro atoms. The quantitative estimate of drug-likeness (QED) is 0.321. The number of rotatable bonds is 6. The van der Waals surface area contributed by atoms with Crippen LogP contribution in [0.25, 0.3) is 5.70 Å². The van der Waals surface area contributed by atoms with Crippen molar-refractivity contribution in [1.29, 1.82) is 0 Å². The number of hydrogen-bond acceptors (Lipinski definition) is 4. The van der Waals surface area contributed by atoms with Gasteiger partial charge in [-0.25, -0.2) is 4.39 Å². The number of hydrazine groups is 1. The molecule has 3 aromatic rings. The molecule has 0 fully saturated rings. The van der Waals surface area contributed by atoms with E-state index in [1.54, 1.807) is 12.1 Å². The van der Waals surface area contributed by atoms with E-state index < -0.39 is 5.60 Å². The SMILES string of the molecule is Cc1ccccc1COc1ccc2c(c1)C(NNC(=S)Nc1cccc(F)c1)=CC(C)(C)O2. The van der Waals surface area contributed by atoms with Gasteiger partial charge in [-0.3, -0.25) is 10.9 Å². The summed E-state index contributed by atoms with van der Waals surface area (Å²) in [5, 5.41) is 3.26. The molecule has 0 aromatic heterocycles. The van der Waals surface area contributed by atoms with Gasteiger partial charge in [0.25, 0.3) is 0 Å². The zero-order chi connectivity index (χ0) is 23.4. The number of halogens is 1. The van der Waals surface area contributed by atoms with E-state index in [0.717, 1.165) is 28.3 Å². The van der Waals surface area contributed by atoms with Gasteiger partial charge in [0.2, 0.25) is 0 Å². The minimum Gasteiger partial charge on any atom is -0.489 e. The van der Waals surface area contributed by atoms with Crippen molar-refractivity contribution < 1.29 is 13.9 Å². The van der Waals surface area contributed by atoms with Crippen LogP contribution in [0, 0.1) is 12.7 Å². The van der Waals surface area contributed by atoms with Crippen LogP contribution >= 0.6 is 12.2 Å². The van der Waals surface area contributed by atoms with Crippen molar-refractivity contribution in [2.24, 2.45) is 0 Å². The minimum absolute atomic E-state index is 0.305. The van der Waals surface area contributed by atoms with Crippen LogP contribution in [0.4, 0.5) is 10.1 Å². The van der Waals surface area contributed by atoms with E-state index in [4.69, 9.17) is 21.7 Å². The maximum Gasteiger partial charge on any atom is 0.189 e. The van der Waals surface area contributed by atoms with Crippen LogP contribution in [-0.4, -0.2) is 10.7 Å². The van der Waals surface area contributed by atoms with Crippen LogP contribution in [0.1, 0.15) is 30.5 Å². The molecule has 1 aliphatic rings. The van der Waals surface area contributed by atoms with Crippen molar-refractivity contribution in [3.63, 3.8) is 0 Å². The van der Waals surface area contributed by atoms with Crippen LogP contribution in [0.15, 0.2) is 72.8 Å². The molecular formula is C26H26FN3O2S. The Morgan fingerprint density at radius 3 is 2.67 bits per heavy atom. The van der Waals surface area contributed by atoms with E-state index in [1.165, 1.54) is 17.7 Å². The predicted octanol–water partition coefficient (Wildman–Crippen LogP) is 5.72. The van der Waals surface area contributed by atoms with Gasteiger partial charge in [0.15, 0.2) is 5.11 Å². The lowest BCUT2D eigenvalue weighted by Gasteiger charge is -2.32. The lowest BCUT2D eigenvalue weighted by Crippen LogP contribution is -2.41. The maximum atomic E-state index is 13.4. The average molecular weight is 464 g/mol. The number of hydrogen-bond donors (Lipinski definition) is 3. The normalized spacial score (nSPS) is 13.8. The summed E-state index contributed by atoms with van der Waals surface area (Å²) in [4.78, 5) is 0. The monoisotopic (exact) mass is 463 g/mol. The van der Waals surface area contributed by atoms with Crippen molar-refractivity contribution in [3.8, 4) is 11.5 Å². The van der Waals surface area contributed by atoms with Gasteiger partial charge in [-0.1, -0.05) is 30.3 Å². The standard InChI is InChI=1S/C26H26FN3O2S/c1-17-7-4-5-8-18(17)16-31-21-11-12-24-22(14-21)23(15-26(2,3)32-24)29-30-25(33)28-20-10-6-9-19(27)13-20/h4-15,29H,16H2,1-3H3,(H2,28,30,33). The molecule has 1 aliphatic heterocycles. The predicted molar refractivity (Wildman–Crippen MR) is 134 cm³/mol. The van der Waals surface area contributed by atoms with Crippen LogP contribution in [-0.2, 0) is 6.61 Å². The number of ether oxygens (including phenoxy) is 2. The first-order valence-corrected chi connectivity index (χ1v) is 11.0. The first-order valence-electron chi connectivity index (χ1n) is 10.6. The molecule has 0 aliphatic carbocycles. The van der Waals surface area contributed by atoms with Gasteiger partial charge >= 0.3 is 0 Å². The molecule has 33 heavy (non-hydrogen) atoms. The number of anilines is 1. The first kappa shape index (κ1) is 22.6. The van der Waals surface area contributed by atoms with Gasteiger partial charge in [-0.15, -0.1) is 0 Å². The van der Waals surface area contributed by atoms with Gasteiger partial charge < -0.3 is 14.8 Å². The van der Waals surface area contributed by atoms with Gasteiger partial charge in [-0.05, 0) is 86.6 Å². The Labute approximate surface area is 198 Å². The number of benzene rings is 3. The summed E-state index contributed by atoms with van der Waals surface area (Å²) in [7, 11) is 0. The molecule has 0 atom stereocenters. The molecule has 1 heterocycles. The van der Waals surface area contributed by atoms with E-state index in [0.29, 0.717) is 17.4 Å². The van der Waals surface area contributed by atoms with Crippen molar-refractivity contribution in [3.05, 3.63) is 95.3 Å². The summed E-state index contributed by atoms with van der Waals surface area (Å²) in [5.41, 5.74) is 10.1. The second kappa shape index (κ2) is 9.50. The largest absolute Gasteiger partial charge is 0.489 e. The van der Waals surface area contributed by atoms with Crippen molar-refractivity contribution >= 4 is 28.7 Å². The average Bonchev–Trinajstić information content (AvgIpc) is 2.76. The van der Waals surface area contributed by atoms with E-state index >= 15 is 0 Å². The second-order valence-electron chi connectivity index (χ2n) is 8.35. The Morgan fingerprint density at radius 2 is 1.88 bits per heavy atom. The third kappa shape index (κ3) is 5.81. The lowest BCUT2D eigenvalue weighted by atomic mass is 9.99. The molecule has 5 nitrogen and oxygen atoms in total. The topological polar surface area (TPSA) is 54.5 Å². The van der Waals surface area contributed by atoms with Gasteiger partial charge in [0.1, 0.15) is 29.5 Å². The number of nitrogens with one attached hydrogen (secondary N) is 3. The summed E-state index contributed by atoms with van der Waals surface area (Å²) in [6.07, 6.45) is 1.97. The number of fused-ring (bicyclic) bond motifs is 1. The van der Waals surface area contributed by atoms with E-state index in [2.05, 4.69) is 35.2 Å². The molecule has 0 bridgehead atoms. The summed E-state index contributed by atoms with van der Waals surface area (Å²) in [5.74, 6) is 1.13. The van der Waals surface area contributed by atoms with E-state index in [1.807, 2.05) is 50.3 Å². The molecule has 0 unspecified atom stereocenters. The van der Waals surface area contributed by atoms with Crippen LogP contribution < -0.4 is 25.6 Å². The fourth-order valence-corrected chi connectivity index (χ4v) is 3.69. The molecular weight excluding hydrogens is 437 g/mol. The Balaban J connectivity index is 1.47. The highest BCUT2D eigenvalue weighted by Crippen LogP contribution is 2.37. The molecule has 0 radical (unpaired) electrons. The highest BCUT2D eigenvalue weighted by atomic mass is 32.1. The summed E-state index contributed by atoms with van der Waals surface area (Å²) < 4.78 is 25.6. The Kier molecular flexibility index (Phi) is 6.51. The third-order valence-corrected chi connectivity index (χ3v) is 5.36. The minimum atomic E-state index is -0.516. The first-order chi connectivity index (χ1) is 15.8. The highest BCUT2D eigenvalue weighted by molar-refractivity contribution is 7.80. The Hall–Kier alpha value is -3.58. The fraction of sp³-hybridized carbons (Fsp3) is 0.192. The van der Waals surface area contributed by atoms with Gasteiger partial charge in [-0.2, -0.15) is 0 Å². The van der Waals surface area contributed by atoms with Crippen LogP contribution in [0.2, 0.25) is 0 Å². The van der Waals surface area contributed by atoms with Crippen LogP contribution in [0.5, 0.6) is 11.5 Å². The molecule has 0 amide bonds. The van der Waals surface area contributed by atoms with E-state index in [-0.39, 0.29) is 5.82 Å². The molecule has 3 N–H and O–H groups in total. The molecule has 3 aromatic carbocycles. The molecule has 7 heteroatoms. The number of thiocarbonyl (C=S) groups is 1. The summed E-state index contributed by atoms with van der Waals surface area (Å²) in [6.45, 7) is 6.50.